The predicted octanol–water partition coefficient (Wildman–Crippen LogP) is 4.75. The van der Waals surface area contributed by atoms with Crippen molar-refractivity contribution in [2.24, 2.45) is 5.92 Å². The molecule has 0 aliphatic heterocycles. The van der Waals surface area contributed by atoms with E-state index in [1.54, 1.807) is 11.3 Å². The minimum absolute atomic E-state index is 0.377. The Morgan fingerprint density at radius 3 is 2.70 bits per heavy atom. The topological polar surface area (TPSA) is 12.0 Å². The van der Waals surface area contributed by atoms with E-state index >= 15 is 0 Å². The molecule has 1 unspecified atom stereocenters. The number of thiophene rings is 1. The molecule has 1 aliphatic rings. The van der Waals surface area contributed by atoms with Gasteiger partial charge in [0.2, 0.25) is 0 Å². The first-order valence-corrected chi connectivity index (χ1v) is 7.79. The summed E-state index contributed by atoms with van der Waals surface area (Å²) in [6.07, 6.45) is 2.52. The summed E-state index contributed by atoms with van der Waals surface area (Å²) in [5.74, 6) is -0.323. The zero-order valence-electron chi connectivity index (χ0n) is 11.3. The molecule has 1 aromatic carbocycles. The van der Waals surface area contributed by atoms with Crippen molar-refractivity contribution < 1.29 is 8.78 Å². The molecule has 0 spiro atoms. The minimum Gasteiger partial charge on any atom is -0.309 e. The molecule has 1 atom stereocenters. The molecule has 1 heterocycles. The van der Waals surface area contributed by atoms with Crippen LogP contribution in [0.1, 0.15) is 30.7 Å². The zero-order chi connectivity index (χ0) is 14.1. The van der Waals surface area contributed by atoms with E-state index in [4.69, 9.17) is 0 Å². The van der Waals surface area contributed by atoms with Gasteiger partial charge in [-0.15, -0.1) is 11.3 Å². The summed E-state index contributed by atoms with van der Waals surface area (Å²) in [4.78, 5) is 2.11. The minimum atomic E-state index is -0.536. The molecule has 1 aromatic heterocycles. The highest BCUT2D eigenvalue weighted by Gasteiger charge is 2.32. The number of halogens is 2. The molecule has 0 saturated heterocycles. The van der Waals surface area contributed by atoms with Gasteiger partial charge in [0.05, 0.1) is 0 Å². The molecule has 1 aliphatic carbocycles. The third kappa shape index (κ3) is 2.76. The molecular weight excluding hydrogens is 276 g/mol. The van der Waals surface area contributed by atoms with Gasteiger partial charge >= 0.3 is 0 Å². The molecule has 20 heavy (non-hydrogen) atoms. The molecule has 1 N–H and O–H groups in total. The molecule has 3 rings (SSSR count). The second-order valence-corrected chi connectivity index (χ2v) is 6.31. The Bertz CT molecular complexity index is 604. The molecule has 0 amide bonds. The van der Waals surface area contributed by atoms with Crippen molar-refractivity contribution >= 4 is 11.3 Å². The van der Waals surface area contributed by atoms with Crippen molar-refractivity contribution in [3.05, 3.63) is 46.8 Å². The van der Waals surface area contributed by atoms with E-state index in [1.807, 2.05) is 6.07 Å². The van der Waals surface area contributed by atoms with Gasteiger partial charge in [-0.25, -0.2) is 8.78 Å². The molecule has 1 fully saturated rings. The third-order valence-electron chi connectivity index (χ3n) is 3.65. The van der Waals surface area contributed by atoms with Crippen LogP contribution in [0.2, 0.25) is 0 Å². The SMILES string of the molecule is CCNC(c1ccc(-c2ccc(F)cc2F)s1)C1CC1. The summed E-state index contributed by atoms with van der Waals surface area (Å²) in [5, 5.41) is 3.51. The van der Waals surface area contributed by atoms with Crippen molar-refractivity contribution in [1.82, 2.24) is 5.32 Å². The molecule has 4 heteroatoms. The van der Waals surface area contributed by atoms with E-state index < -0.39 is 11.6 Å². The maximum absolute atomic E-state index is 13.8. The van der Waals surface area contributed by atoms with Gasteiger partial charge < -0.3 is 5.32 Å². The van der Waals surface area contributed by atoms with Crippen LogP contribution in [-0.2, 0) is 0 Å². The third-order valence-corrected chi connectivity index (χ3v) is 4.85. The van der Waals surface area contributed by atoms with Crippen LogP contribution in [-0.4, -0.2) is 6.54 Å². The molecule has 0 bridgehead atoms. The normalized spacial score (nSPS) is 16.4. The number of benzene rings is 1. The molecule has 1 saturated carbocycles. The van der Waals surface area contributed by atoms with E-state index in [0.717, 1.165) is 17.5 Å². The van der Waals surface area contributed by atoms with Gasteiger partial charge in [-0.1, -0.05) is 6.92 Å². The highest BCUT2D eigenvalue weighted by molar-refractivity contribution is 7.15. The Morgan fingerprint density at radius 2 is 2.05 bits per heavy atom. The Balaban J connectivity index is 1.89. The lowest BCUT2D eigenvalue weighted by Gasteiger charge is -2.15. The fourth-order valence-corrected chi connectivity index (χ4v) is 3.71. The van der Waals surface area contributed by atoms with E-state index in [0.29, 0.717) is 17.5 Å². The van der Waals surface area contributed by atoms with Crippen molar-refractivity contribution in [2.75, 3.05) is 6.54 Å². The van der Waals surface area contributed by atoms with Crippen LogP contribution < -0.4 is 5.32 Å². The Hall–Kier alpha value is -1.26. The molecule has 0 radical (unpaired) electrons. The maximum Gasteiger partial charge on any atom is 0.134 e. The van der Waals surface area contributed by atoms with Gasteiger partial charge in [0, 0.05) is 27.4 Å². The fourth-order valence-electron chi connectivity index (χ4n) is 2.50. The molecular formula is C16H17F2NS. The van der Waals surface area contributed by atoms with Crippen molar-refractivity contribution in [2.45, 2.75) is 25.8 Å². The number of nitrogens with one attached hydrogen (secondary N) is 1. The van der Waals surface area contributed by atoms with Crippen molar-refractivity contribution in [3.8, 4) is 10.4 Å². The zero-order valence-corrected chi connectivity index (χ0v) is 12.1. The highest BCUT2D eigenvalue weighted by Crippen LogP contribution is 2.44. The van der Waals surface area contributed by atoms with Gasteiger partial charge in [0.25, 0.3) is 0 Å². The predicted molar refractivity (Wildman–Crippen MR) is 78.8 cm³/mol. The number of rotatable bonds is 5. The van der Waals surface area contributed by atoms with Crippen LogP contribution >= 0.6 is 11.3 Å². The van der Waals surface area contributed by atoms with E-state index in [-0.39, 0.29) is 0 Å². The van der Waals surface area contributed by atoms with Crippen LogP contribution in [0.5, 0.6) is 0 Å². The first-order chi connectivity index (χ1) is 9.69. The molecule has 1 nitrogen and oxygen atoms in total. The van der Waals surface area contributed by atoms with Gasteiger partial charge in [0.1, 0.15) is 11.6 Å². The lowest BCUT2D eigenvalue weighted by molar-refractivity contribution is 0.504. The monoisotopic (exact) mass is 293 g/mol. The average molecular weight is 293 g/mol. The van der Waals surface area contributed by atoms with Gasteiger partial charge in [-0.05, 0) is 49.6 Å². The van der Waals surface area contributed by atoms with Crippen LogP contribution in [0.15, 0.2) is 30.3 Å². The van der Waals surface area contributed by atoms with Crippen molar-refractivity contribution in [3.63, 3.8) is 0 Å². The highest BCUT2D eigenvalue weighted by atomic mass is 32.1. The first kappa shape index (κ1) is 13.7. The van der Waals surface area contributed by atoms with E-state index in [1.165, 1.54) is 29.9 Å². The largest absolute Gasteiger partial charge is 0.309 e. The lowest BCUT2D eigenvalue weighted by Crippen LogP contribution is -2.21. The fraction of sp³-hybridized carbons (Fsp3) is 0.375. The summed E-state index contributed by atoms with van der Waals surface area (Å²) in [5.41, 5.74) is 0.480. The van der Waals surface area contributed by atoms with Crippen LogP contribution in [0, 0.1) is 17.6 Å². The molecule has 2 aromatic rings. The standard InChI is InChI=1S/C16H17F2NS/c1-2-19-16(10-3-4-10)15-8-7-14(20-15)12-6-5-11(17)9-13(12)18/h5-10,16,19H,2-4H2,1H3. The maximum atomic E-state index is 13.8. The molecule has 106 valence electrons. The van der Waals surface area contributed by atoms with Gasteiger partial charge in [-0.3, -0.25) is 0 Å². The van der Waals surface area contributed by atoms with Crippen LogP contribution in [0.4, 0.5) is 8.78 Å². The summed E-state index contributed by atoms with van der Waals surface area (Å²) in [6, 6.07) is 8.14. The van der Waals surface area contributed by atoms with Crippen molar-refractivity contribution in [1.29, 1.82) is 0 Å². The Kier molecular flexibility index (Phi) is 3.85. The van der Waals surface area contributed by atoms with E-state index in [9.17, 15) is 8.78 Å². The first-order valence-electron chi connectivity index (χ1n) is 6.97. The lowest BCUT2D eigenvalue weighted by atomic mass is 10.1. The summed E-state index contributed by atoms with van der Waals surface area (Å²) in [6.45, 7) is 3.03. The van der Waals surface area contributed by atoms with E-state index in [2.05, 4.69) is 18.3 Å². The summed E-state index contributed by atoms with van der Waals surface area (Å²) in [7, 11) is 0. The number of hydrogen-bond acceptors (Lipinski definition) is 2. The number of hydrogen-bond donors (Lipinski definition) is 1. The summed E-state index contributed by atoms with van der Waals surface area (Å²) >= 11 is 1.60. The average Bonchev–Trinajstić information content (AvgIpc) is 3.14. The quantitative estimate of drug-likeness (QED) is 0.838. The van der Waals surface area contributed by atoms with Crippen LogP contribution in [0.25, 0.3) is 10.4 Å². The van der Waals surface area contributed by atoms with Gasteiger partial charge in [0.15, 0.2) is 0 Å². The Morgan fingerprint density at radius 1 is 1.25 bits per heavy atom. The summed E-state index contributed by atoms with van der Waals surface area (Å²) < 4.78 is 26.8. The van der Waals surface area contributed by atoms with Crippen LogP contribution in [0.3, 0.4) is 0 Å². The Labute approximate surface area is 121 Å². The second kappa shape index (κ2) is 5.62. The van der Waals surface area contributed by atoms with Gasteiger partial charge in [-0.2, -0.15) is 0 Å². The smallest absolute Gasteiger partial charge is 0.134 e. The second-order valence-electron chi connectivity index (χ2n) is 5.20.